The molecule has 1 aromatic heterocycles. The molecule has 0 radical (unpaired) electrons. The molecule has 0 saturated carbocycles. The Labute approximate surface area is 146 Å². The van der Waals surface area contributed by atoms with Gasteiger partial charge in [-0.15, -0.1) is 6.42 Å². The van der Waals surface area contributed by atoms with Crippen LogP contribution in [0.25, 0.3) is 6.08 Å². The van der Waals surface area contributed by atoms with E-state index >= 15 is 0 Å². The summed E-state index contributed by atoms with van der Waals surface area (Å²) in [4.78, 5) is 48.2. The molecule has 0 spiro atoms. The lowest BCUT2D eigenvalue weighted by Crippen LogP contribution is -2.37. The number of nitro benzene ring substituents is 1. The minimum absolute atomic E-state index is 0.130. The van der Waals surface area contributed by atoms with Gasteiger partial charge >= 0.3 is 5.69 Å². The molecule has 10 nitrogen and oxygen atoms in total. The van der Waals surface area contributed by atoms with Crippen LogP contribution in [0.3, 0.4) is 0 Å². The number of aromatic nitrogens is 2. The van der Waals surface area contributed by atoms with E-state index < -0.39 is 22.1 Å². The van der Waals surface area contributed by atoms with E-state index in [4.69, 9.17) is 12.2 Å². The summed E-state index contributed by atoms with van der Waals surface area (Å²) in [6.45, 7) is -0.291. The van der Waals surface area contributed by atoms with Crippen molar-refractivity contribution in [2.75, 3.05) is 11.1 Å². The largest absolute Gasteiger partial charge is 0.383 e. The molecule has 2 aromatic rings. The summed E-state index contributed by atoms with van der Waals surface area (Å²) in [6.07, 6.45) is 7.48. The zero-order valence-electron chi connectivity index (χ0n) is 13.3. The summed E-state index contributed by atoms with van der Waals surface area (Å²) in [5.74, 6) is 1.11. The molecular formula is C16H13N5O5. The predicted molar refractivity (Wildman–Crippen MR) is 95.3 cm³/mol. The number of nitro groups is 1. The Hall–Kier alpha value is -4.13. The van der Waals surface area contributed by atoms with E-state index in [0.29, 0.717) is 10.1 Å². The number of hydrogen-bond acceptors (Lipinski definition) is 6. The van der Waals surface area contributed by atoms with Crippen LogP contribution >= 0.6 is 0 Å². The number of aromatic amines is 1. The molecule has 0 aliphatic rings. The van der Waals surface area contributed by atoms with E-state index in [1.165, 1.54) is 24.3 Å². The number of rotatable bonds is 5. The molecule has 0 aliphatic heterocycles. The highest BCUT2D eigenvalue weighted by molar-refractivity contribution is 6.03. The van der Waals surface area contributed by atoms with Crippen LogP contribution in [0, 0.1) is 22.5 Å². The number of non-ortho nitro benzene ring substituents is 1. The fourth-order valence-corrected chi connectivity index (χ4v) is 2.02. The highest BCUT2D eigenvalue weighted by Crippen LogP contribution is 2.14. The standard InChI is InChI=1S/C16H13N5O5/c1-2-8-20-15(23)13(14(17)19-16(20)24)18-12(22)7-6-10-4-3-5-11(9-10)21(25)26/h1,3-7,9H,8,17H2,(H,18,22)(H,19,24)/b7-6+. The van der Waals surface area contributed by atoms with Crippen LogP contribution in [0.5, 0.6) is 0 Å². The molecule has 0 unspecified atom stereocenters. The zero-order valence-corrected chi connectivity index (χ0v) is 13.3. The second-order valence-electron chi connectivity index (χ2n) is 4.99. The summed E-state index contributed by atoms with van der Waals surface area (Å²) in [5.41, 5.74) is 3.88. The second kappa shape index (κ2) is 7.63. The van der Waals surface area contributed by atoms with E-state index in [-0.39, 0.29) is 23.7 Å². The number of carbonyl (C=O) groups is 1. The van der Waals surface area contributed by atoms with Crippen LogP contribution in [0.4, 0.5) is 17.2 Å². The second-order valence-corrected chi connectivity index (χ2v) is 4.99. The van der Waals surface area contributed by atoms with Gasteiger partial charge in [-0.25, -0.2) is 9.36 Å². The number of H-pyrrole nitrogens is 1. The minimum atomic E-state index is -0.846. The summed E-state index contributed by atoms with van der Waals surface area (Å²) in [7, 11) is 0. The first-order chi connectivity index (χ1) is 12.3. The number of nitrogens with zero attached hydrogens (tertiary/aromatic N) is 2. The molecule has 0 atom stereocenters. The SMILES string of the molecule is C#CCn1c(=O)[nH]c(N)c(NC(=O)/C=C/c2cccc([N+](=O)[O-])c2)c1=O. The van der Waals surface area contributed by atoms with Gasteiger partial charge in [0.05, 0.1) is 11.5 Å². The molecule has 2 rings (SSSR count). The van der Waals surface area contributed by atoms with Crippen molar-refractivity contribution in [2.45, 2.75) is 6.54 Å². The number of nitrogen functional groups attached to an aromatic ring is 1. The van der Waals surface area contributed by atoms with Gasteiger partial charge in [-0.1, -0.05) is 18.1 Å². The van der Waals surface area contributed by atoms with Gasteiger partial charge in [0.25, 0.3) is 11.2 Å². The normalized spacial score (nSPS) is 10.4. The van der Waals surface area contributed by atoms with Crippen LogP contribution in [-0.4, -0.2) is 20.4 Å². The Kier molecular flexibility index (Phi) is 5.34. The molecule has 0 fully saturated rings. The van der Waals surface area contributed by atoms with E-state index in [9.17, 15) is 24.5 Å². The van der Waals surface area contributed by atoms with Gasteiger partial charge < -0.3 is 11.1 Å². The van der Waals surface area contributed by atoms with Gasteiger partial charge in [0.15, 0.2) is 0 Å². The molecule has 4 N–H and O–H groups in total. The van der Waals surface area contributed by atoms with Gasteiger partial charge in [0.1, 0.15) is 11.5 Å². The Morgan fingerprint density at radius 1 is 1.46 bits per heavy atom. The number of nitrogens with one attached hydrogen (secondary N) is 2. The number of terminal acetylenes is 1. The number of nitrogens with two attached hydrogens (primary N) is 1. The lowest BCUT2D eigenvalue weighted by molar-refractivity contribution is -0.384. The van der Waals surface area contributed by atoms with E-state index in [1.54, 1.807) is 6.07 Å². The molecule has 0 saturated heterocycles. The lowest BCUT2D eigenvalue weighted by Gasteiger charge is -2.08. The van der Waals surface area contributed by atoms with E-state index in [1.807, 2.05) is 0 Å². The number of anilines is 2. The monoisotopic (exact) mass is 355 g/mol. The van der Waals surface area contributed by atoms with Gasteiger partial charge in [-0.2, -0.15) is 0 Å². The Bertz CT molecular complexity index is 1060. The van der Waals surface area contributed by atoms with Crippen LogP contribution < -0.4 is 22.3 Å². The van der Waals surface area contributed by atoms with Crippen molar-refractivity contribution >= 4 is 29.2 Å². The van der Waals surface area contributed by atoms with Gasteiger partial charge in [0, 0.05) is 18.2 Å². The fraction of sp³-hybridized carbons (Fsp3) is 0.0625. The van der Waals surface area contributed by atoms with Gasteiger partial charge in [-0.05, 0) is 11.6 Å². The van der Waals surface area contributed by atoms with Crippen molar-refractivity contribution in [3.8, 4) is 12.3 Å². The van der Waals surface area contributed by atoms with Crippen molar-refractivity contribution in [1.29, 1.82) is 0 Å². The molecule has 0 bridgehead atoms. The van der Waals surface area contributed by atoms with Crippen molar-refractivity contribution in [1.82, 2.24) is 9.55 Å². The smallest absolute Gasteiger partial charge is 0.330 e. The average Bonchev–Trinajstić information content (AvgIpc) is 2.60. The van der Waals surface area contributed by atoms with Crippen LogP contribution in [0.2, 0.25) is 0 Å². The average molecular weight is 355 g/mol. The first-order valence-corrected chi connectivity index (χ1v) is 7.13. The van der Waals surface area contributed by atoms with E-state index in [0.717, 1.165) is 6.08 Å². The first-order valence-electron chi connectivity index (χ1n) is 7.13. The highest BCUT2D eigenvalue weighted by Gasteiger charge is 2.13. The third-order valence-corrected chi connectivity index (χ3v) is 3.22. The third-order valence-electron chi connectivity index (χ3n) is 3.22. The van der Waals surface area contributed by atoms with Crippen molar-refractivity contribution in [3.05, 3.63) is 66.9 Å². The lowest BCUT2D eigenvalue weighted by atomic mass is 10.2. The molecule has 132 valence electrons. The number of carbonyl (C=O) groups excluding carboxylic acids is 1. The Morgan fingerprint density at radius 3 is 2.85 bits per heavy atom. The maximum atomic E-state index is 12.2. The quantitative estimate of drug-likeness (QED) is 0.304. The molecule has 0 aliphatic carbocycles. The fourth-order valence-electron chi connectivity index (χ4n) is 2.02. The van der Waals surface area contributed by atoms with Crippen LogP contribution in [0.1, 0.15) is 5.56 Å². The van der Waals surface area contributed by atoms with E-state index in [2.05, 4.69) is 16.2 Å². The Morgan fingerprint density at radius 2 is 2.19 bits per heavy atom. The van der Waals surface area contributed by atoms with Crippen LogP contribution in [0.15, 0.2) is 39.9 Å². The molecule has 10 heteroatoms. The van der Waals surface area contributed by atoms with Crippen molar-refractivity contribution < 1.29 is 9.72 Å². The third kappa shape index (κ3) is 4.04. The Balaban J connectivity index is 2.26. The summed E-state index contributed by atoms with van der Waals surface area (Å²) < 4.78 is 0.705. The molecule has 1 amide bonds. The minimum Gasteiger partial charge on any atom is -0.383 e. The summed E-state index contributed by atoms with van der Waals surface area (Å²) in [5, 5.41) is 13.0. The number of benzene rings is 1. The molecule has 26 heavy (non-hydrogen) atoms. The molecular weight excluding hydrogens is 342 g/mol. The van der Waals surface area contributed by atoms with Crippen molar-refractivity contribution in [3.63, 3.8) is 0 Å². The van der Waals surface area contributed by atoms with Crippen molar-refractivity contribution in [2.24, 2.45) is 0 Å². The van der Waals surface area contributed by atoms with Gasteiger partial charge in [0.2, 0.25) is 5.91 Å². The number of amides is 1. The maximum absolute atomic E-state index is 12.2. The maximum Gasteiger partial charge on any atom is 0.330 e. The summed E-state index contributed by atoms with van der Waals surface area (Å²) >= 11 is 0. The molecule has 1 aromatic carbocycles. The van der Waals surface area contributed by atoms with Gasteiger partial charge in [-0.3, -0.25) is 24.7 Å². The topological polar surface area (TPSA) is 153 Å². The zero-order chi connectivity index (χ0) is 19.3. The summed E-state index contributed by atoms with van der Waals surface area (Å²) in [6, 6.07) is 5.61. The highest BCUT2D eigenvalue weighted by atomic mass is 16.6. The first kappa shape index (κ1) is 18.2. The predicted octanol–water partition coefficient (Wildman–Crippen LogP) is 0.312. The molecule has 1 heterocycles. The number of hydrogen-bond donors (Lipinski definition) is 3. The van der Waals surface area contributed by atoms with Crippen LogP contribution in [-0.2, 0) is 11.3 Å².